The van der Waals surface area contributed by atoms with Gasteiger partial charge in [0.1, 0.15) is 5.78 Å². The summed E-state index contributed by atoms with van der Waals surface area (Å²) in [6.07, 6.45) is 3.24. The van der Waals surface area contributed by atoms with Crippen LogP contribution >= 0.6 is 0 Å². The van der Waals surface area contributed by atoms with Gasteiger partial charge in [0.25, 0.3) is 0 Å². The van der Waals surface area contributed by atoms with Gasteiger partial charge in [0.05, 0.1) is 11.7 Å². The smallest absolute Gasteiger partial charge is 0.141 e. The van der Waals surface area contributed by atoms with E-state index in [1.54, 1.807) is 6.08 Å². The second kappa shape index (κ2) is 3.62. The minimum absolute atomic E-state index is 0.0664. The van der Waals surface area contributed by atoms with Gasteiger partial charge in [0.15, 0.2) is 0 Å². The molecule has 0 N–H and O–H groups in total. The minimum atomic E-state index is -0.148. The SMILES string of the molecule is C=CCC1C(=O)CC1OC(C)(C)C. The molecule has 0 amide bonds. The molecule has 74 valence electrons. The lowest BCUT2D eigenvalue weighted by atomic mass is 9.78. The predicted molar refractivity (Wildman–Crippen MR) is 52.6 cm³/mol. The zero-order valence-electron chi connectivity index (χ0n) is 8.67. The third-order valence-corrected chi connectivity index (χ3v) is 2.19. The van der Waals surface area contributed by atoms with Crippen molar-refractivity contribution in [3.63, 3.8) is 0 Å². The van der Waals surface area contributed by atoms with Crippen LogP contribution in [0.2, 0.25) is 0 Å². The molecule has 1 rings (SSSR count). The van der Waals surface area contributed by atoms with E-state index in [2.05, 4.69) is 6.58 Å². The van der Waals surface area contributed by atoms with Crippen molar-refractivity contribution in [2.45, 2.75) is 45.3 Å². The fraction of sp³-hybridized carbons (Fsp3) is 0.727. The fourth-order valence-electron chi connectivity index (χ4n) is 1.58. The first kappa shape index (κ1) is 10.5. The predicted octanol–water partition coefficient (Wildman–Crippen LogP) is 2.34. The van der Waals surface area contributed by atoms with Crippen LogP contribution in [0.5, 0.6) is 0 Å². The summed E-state index contributed by atoms with van der Waals surface area (Å²) in [5, 5.41) is 0. The zero-order chi connectivity index (χ0) is 10.1. The van der Waals surface area contributed by atoms with Gasteiger partial charge >= 0.3 is 0 Å². The number of carbonyl (C=O) groups is 1. The Morgan fingerprint density at radius 3 is 2.62 bits per heavy atom. The van der Waals surface area contributed by atoms with E-state index in [9.17, 15) is 4.79 Å². The molecule has 0 spiro atoms. The molecule has 1 aliphatic carbocycles. The number of ether oxygens (including phenoxy) is 1. The Labute approximate surface area is 80.0 Å². The topological polar surface area (TPSA) is 26.3 Å². The molecule has 1 fully saturated rings. The van der Waals surface area contributed by atoms with E-state index in [-0.39, 0.29) is 17.6 Å². The summed E-state index contributed by atoms with van der Waals surface area (Å²) >= 11 is 0. The molecule has 0 radical (unpaired) electrons. The van der Waals surface area contributed by atoms with Crippen LogP contribution < -0.4 is 0 Å². The Balaban J connectivity index is 2.45. The number of allylic oxidation sites excluding steroid dienone is 1. The van der Waals surface area contributed by atoms with Crippen molar-refractivity contribution >= 4 is 5.78 Å². The maximum atomic E-state index is 11.2. The van der Waals surface area contributed by atoms with Crippen LogP contribution in [0.1, 0.15) is 33.6 Å². The van der Waals surface area contributed by atoms with Crippen LogP contribution in [0.3, 0.4) is 0 Å². The highest BCUT2D eigenvalue weighted by atomic mass is 16.5. The molecule has 0 aromatic carbocycles. The molecule has 0 aromatic rings. The molecule has 2 unspecified atom stereocenters. The van der Waals surface area contributed by atoms with Crippen LogP contribution in [-0.4, -0.2) is 17.5 Å². The average Bonchev–Trinajstić information content (AvgIpc) is 1.97. The third-order valence-electron chi connectivity index (χ3n) is 2.19. The highest BCUT2D eigenvalue weighted by molar-refractivity contribution is 5.88. The van der Waals surface area contributed by atoms with Crippen molar-refractivity contribution in [2.24, 2.45) is 5.92 Å². The molecule has 1 aliphatic rings. The van der Waals surface area contributed by atoms with E-state index in [0.29, 0.717) is 12.2 Å². The lowest BCUT2D eigenvalue weighted by Crippen LogP contribution is -2.46. The third kappa shape index (κ3) is 2.66. The quantitative estimate of drug-likeness (QED) is 0.626. The second-order valence-electron chi connectivity index (χ2n) is 4.57. The van der Waals surface area contributed by atoms with Gasteiger partial charge in [0, 0.05) is 12.3 Å². The molecule has 2 nitrogen and oxygen atoms in total. The molecule has 0 saturated heterocycles. The van der Waals surface area contributed by atoms with Gasteiger partial charge in [-0.15, -0.1) is 6.58 Å². The van der Waals surface area contributed by atoms with Crippen LogP contribution in [0, 0.1) is 5.92 Å². The number of carbonyl (C=O) groups excluding carboxylic acids is 1. The molecule has 2 atom stereocenters. The summed E-state index contributed by atoms with van der Waals surface area (Å²) in [5.41, 5.74) is -0.148. The highest BCUT2D eigenvalue weighted by Crippen LogP contribution is 2.32. The van der Waals surface area contributed by atoms with E-state index in [1.807, 2.05) is 20.8 Å². The largest absolute Gasteiger partial charge is 0.371 e. The summed E-state index contributed by atoms with van der Waals surface area (Å²) in [6, 6.07) is 0. The monoisotopic (exact) mass is 182 g/mol. The number of ketones is 1. The first-order chi connectivity index (χ1) is 5.94. The maximum Gasteiger partial charge on any atom is 0.141 e. The van der Waals surface area contributed by atoms with E-state index >= 15 is 0 Å². The van der Waals surface area contributed by atoms with Crippen LogP contribution in [0.15, 0.2) is 12.7 Å². The summed E-state index contributed by atoms with van der Waals surface area (Å²) in [4.78, 5) is 11.2. The number of rotatable bonds is 3. The van der Waals surface area contributed by atoms with Gasteiger partial charge in [0.2, 0.25) is 0 Å². The van der Waals surface area contributed by atoms with Gasteiger partial charge in [-0.3, -0.25) is 4.79 Å². The van der Waals surface area contributed by atoms with Gasteiger partial charge in [-0.2, -0.15) is 0 Å². The van der Waals surface area contributed by atoms with Crippen LogP contribution in [-0.2, 0) is 9.53 Å². The number of hydrogen-bond donors (Lipinski definition) is 0. The molecule has 0 aliphatic heterocycles. The first-order valence-electron chi connectivity index (χ1n) is 4.75. The maximum absolute atomic E-state index is 11.2. The van der Waals surface area contributed by atoms with Crippen molar-refractivity contribution in [2.75, 3.05) is 0 Å². The summed E-state index contributed by atoms with van der Waals surface area (Å²) in [6.45, 7) is 9.68. The normalized spacial score (nSPS) is 28.4. The highest BCUT2D eigenvalue weighted by Gasteiger charge is 2.41. The number of Topliss-reactive ketones (excluding diaryl/α,β-unsaturated/α-hetero) is 1. The standard InChI is InChI=1S/C11H18O2/c1-5-6-8-9(12)7-10(8)13-11(2,3)4/h5,8,10H,1,6-7H2,2-4H3. The molecule has 1 saturated carbocycles. The zero-order valence-corrected chi connectivity index (χ0v) is 8.67. The van der Waals surface area contributed by atoms with Crippen molar-refractivity contribution < 1.29 is 9.53 Å². The van der Waals surface area contributed by atoms with Crippen LogP contribution in [0.25, 0.3) is 0 Å². The Hall–Kier alpha value is -0.630. The summed E-state index contributed by atoms with van der Waals surface area (Å²) < 4.78 is 5.74. The van der Waals surface area contributed by atoms with Crippen molar-refractivity contribution in [1.82, 2.24) is 0 Å². The van der Waals surface area contributed by atoms with Gasteiger partial charge in [-0.25, -0.2) is 0 Å². The van der Waals surface area contributed by atoms with Gasteiger partial charge in [-0.1, -0.05) is 6.08 Å². The fourth-order valence-corrected chi connectivity index (χ4v) is 1.58. The molecule has 2 heteroatoms. The lowest BCUT2D eigenvalue weighted by Gasteiger charge is -2.38. The Kier molecular flexibility index (Phi) is 2.91. The molecule has 0 aromatic heterocycles. The van der Waals surface area contributed by atoms with E-state index in [4.69, 9.17) is 4.74 Å². The van der Waals surface area contributed by atoms with E-state index in [1.165, 1.54) is 0 Å². The number of hydrogen-bond acceptors (Lipinski definition) is 2. The molecule has 0 bridgehead atoms. The van der Waals surface area contributed by atoms with Gasteiger partial charge < -0.3 is 4.74 Å². The van der Waals surface area contributed by atoms with Gasteiger partial charge in [-0.05, 0) is 27.2 Å². The van der Waals surface area contributed by atoms with E-state index < -0.39 is 0 Å². The Bertz CT molecular complexity index is 213. The Morgan fingerprint density at radius 1 is 1.62 bits per heavy atom. The van der Waals surface area contributed by atoms with Crippen molar-refractivity contribution in [3.8, 4) is 0 Å². The molecule has 13 heavy (non-hydrogen) atoms. The van der Waals surface area contributed by atoms with Crippen molar-refractivity contribution in [3.05, 3.63) is 12.7 Å². The molecule has 0 heterocycles. The summed E-state index contributed by atoms with van der Waals surface area (Å²) in [7, 11) is 0. The van der Waals surface area contributed by atoms with Crippen molar-refractivity contribution in [1.29, 1.82) is 0 Å². The Morgan fingerprint density at radius 2 is 2.23 bits per heavy atom. The van der Waals surface area contributed by atoms with E-state index in [0.717, 1.165) is 6.42 Å². The second-order valence-corrected chi connectivity index (χ2v) is 4.57. The first-order valence-corrected chi connectivity index (χ1v) is 4.75. The average molecular weight is 182 g/mol. The molecular weight excluding hydrogens is 164 g/mol. The summed E-state index contributed by atoms with van der Waals surface area (Å²) in [5.74, 6) is 0.380. The van der Waals surface area contributed by atoms with Crippen LogP contribution in [0.4, 0.5) is 0 Å². The lowest BCUT2D eigenvalue weighted by molar-refractivity contribution is -0.159. The minimum Gasteiger partial charge on any atom is -0.371 e. The molecular formula is C11H18O2.